The number of methoxy groups -OCH3 is 1. The Labute approximate surface area is 164 Å². The van der Waals surface area contributed by atoms with E-state index in [1.54, 1.807) is 42.5 Å². The molecule has 3 aromatic rings. The van der Waals surface area contributed by atoms with Crippen LogP contribution in [0.1, 0.15) is 10.4 Å². The van der Waals surface area contributed by atoms with Crippen LogP contribution in [-0.4, -0.2) is 17.9 Å². The minimum atomic E-state index is -0.586. The number of nitro groups is 1. The lowest BCUT2D eigenvalue weighted by Gasteiger charge is -2.12. The number of hydrogen-bond donors (Lipinski definition) is 1. The quantitative estimate of drug-likeness (QED) is 0.459. The van der Waals surface area contributed by atoms with E-state index in [2.05, 4.69) is 5.32 Å². The molecule has 3 rings (SSSR count). The van der Waals surface area contributed by atoms with E-state index in [1.807, 2.05) is 0 Å². The van der Waals surface area contributed by atoms with Gasteiger partial charge < -0.3 is 10.1 Å². The Morgan fingerprint density at radius 2 is 1.79 bits per heavy atom. The normalized spacial score (nSPS) is 10.4. The highest BCUT2D eigenvalue weighted by Crippen LogP contribution is 2.35. The van der Waals surface area contributed by atoms with Gasteiger partial charge in [0.2, 0.25) is 0 Å². The number of nitrogens with zero attached hydrogens (tertiary/aromatic N) is 1. The first-order valence-electron chi connectivity index (χ1n) is 8.15. The first-order chi connectivity index (χ1) is 13.5. The Kier molecular flexibility index (Phi) is 5.90. The van der Waals surface area contributed by atoms with Gasteiger partial charge in [0, 0.05) is 21.9 Å². The van der Waals surface area contributed by atoms with Crippen LogP contribution in [-0.2, 0) is 0 Å². The molecule has 0 aliphatic carbocycles. The summed E-state index contributed by atoms with van der Waals surface area (Å²) in [6.45, 7) is 0. The lowest BCUT2D eigenvalue weighted by Crippen LogP contribution is -2.14. The maximum atomic E-state index is 14.0. The molecule has 0 saturated carbocycles. The zero-order valence-corrected chi connectivity index (χ0v) is 15.5. The number of halogens is 1. The number of amides is 1. The second-order valence-corrected chi connectivity index (χ2v) is 6.71. The van der Waals surface area contributed by atoms with Crippen molar-refractivity contribution in [3.63, 3.8) is 0 Å². The Hall–Kier alpha value is -3.39. The van der Waals surface area contributed by atoms with E-state index in [4.69, 9.17) is 4.74 Å². The molecule has 0 aromatic heterocycles. The van der Waals surface area contributed by atoms with Gasteiger partial charge in [0.05, 0.1) is 23.3 Å². The van der Waals surface area contributed by atoms with Gasteiger partial charge in [-0.05, 0) is 30.3 Å². The lowest BCUT2D eigenvalue weighted by atomic mass is 10.1. The molecule has 0 spiro atoms. The van der Waals surface area contributed by atoms with Crippen molar-refractivity contribution in [3.8, 4) is 5.75 Å². The predicted octanol–water partition coefficient (Wildman–Crippen LogP) is 5.15. The van der Waals surface area contributed by atoms with E-state index < -0.39 is 16.6 Å². The van der Waals surface area contributed by atoms with Gasteiger partial charge in [-0.1, -0.05) is 36.0 Å². The van der Waals surface area contributed by atoms with Crippen LogP contribution in [0.3, 0.4) is 0 Å². The van der Waals surface area contributed by atoms with Crippen molar-refractivity contribution in [1.82, 2.24) is 0 Å². The number of nitro benzene ring substituents is 1. The molecule has 6 nitrogen and oxygen atoms in total. The summed E-state index contributed by atoms with van der Waals surface area (Å²) in [5, 5.41) is 13.8. The predicted molar refractivity (Wildman–Crippen MR) is 105 cm³/mol. The van der Waals surface area contributed by atoms with Crippen molar-refractivity contribution in [2.24, 2.45) is 0 Å². The molecule has 0 atom stereocenters. The Morgan fingerprint density at radius 3 is 2.50 bits per heavy atom. The highest BCUT2D eigenvalue weighted by molar-refractivity contribution is 7.99. The molecule has 0 radical (unpaired) electrons. The Bertz CT molecular complexity index is 1040. The molecule has 1 amide bonds. The molecule has 3 aromatic carbocycles. The minimum Gasteiger partial charge on any atom is -0.495 e. The molecule has 1 N–H and O–H groups in total. The van der Waals surface area contributed by atoms with Gasteiger partial charge in [-0.3, -0.25) is 14.9 Å². The summed E-state index contributed by atoms with van der Waals surface area (Å²) in [4.78, 5) is 24.1. The van der Waals surface area contributed by atoms with Gasteiger partial charge in [-0.2, -0.15) is 0 Å². The number of carbonyl (C=O) groups is 1. The van der Waals surface area contributed by atoms with E-state index in [0.717, 1.165) is 11.8 Å². The van der Waals surface area contributed by atoms with Crippen LogP contribution in [0.15, 0.2) is 76.5 Å². The highest BCUT2D eigenvalue weighted by atomic mass is 32.2. The fourth-order valence-electron chi connectivity index (χ4n) is 2.48. The summed E-state index contributed by atoms with van der Waals surface area (Å²) in [5.41, 5.74) is 0.250. The monoisotopic (exact) mass is 398 g/mol. The van der Waals surface area contributed by atoms with Crippen molar-refractivity contribution >= 4 is 29.0 Å². The van der Waals surface area contributed by atoms with E-state index in [1.165, 1.54) is 31.4 Å². The van der Waals surface area contributed by atoms with Gasteiger partial charge >= 0.3 is 0 Å². The molecular formula is C20H15FN2O4S. The van der Waals surface area contributed by atoms with Crippen molar-refractivity contribution in [3.05, 3.63) is 88.2 Å². The molecule has 0 unspecified atom stereocenters. The van der Waals surface area contributed by atoms with Crippen LogP contribution < -0.4 is 10.1 Å². The fraction of sp³-hybridized carbons (Fsp3) is 0.0500. The second-order valence-electron chi connectivity index (χ2n) is 5.62. The molecular weight excluding hydrogens is 383 g/mol. The van der Waals surface area contributed by atoms with Crippen LogP contribution in [0.2, 0.25) is 0 Å². The molecule has 0 aliphatic heterocycles. The maximum absolute atomic E-state index is 14.0. The van der Waals surface area contributed by atoms with E-state index >= 15 is 0 Å². The van der Waals surface area contributed by atoms with Gasteiger partial charge in [0.1, 0.15) is 11.6 Å². The average Bonchev–Trinajstić information content (AvgIpc) is 2.70. The molecule has 28 heavy (non-hydrogen) atoms. The van der Waals surface area contributed by atoms with Crippen molar-refractivity contribution in [2.45, 2.75) is 9.79 Å². The number of anilines is 1. The number of hydrogen-bond acceptors (Lipinski definition) is 5. The average molecular weight is 398 g/mol. The fourth-order valence-corrected chi connectivity index (χ4v) is 3.43. The summed E-state index contributed by atoms with van der Waals surface area (Å²) >= 11 is 1.02. The van der Waals surface area contributed by atoms with Crippen molar-refractivity contribution in [2.75, 3.05) is 12.4 Å². The third-order valence-electron chi connectivity index (χ3n) is 3.83. The van der Waals surface area contributed by atoms with Gasteiger partial charge in [0.25, 0.3) is 11.6 Å². The number of non-ortho nitro benzene ring substituents is 1. The van der Waals surface area contributed by atoms with E-state index in [0.29, 0.717) is 21.2 Å². The number of benzene rings is 3. The van der Waals surface area contributed by atoms with Gasteiger partial charge in [0.15, 0.2) is 0 Å². The van der Waals surface area contributed by atoms with Crippen LogP contribution in [0.5, 0.6) is 5.75 Å². The second kappa shape index (κ2) is 8.53. The zero-order chi connectivity index (χ0) is 20.1. The topological polar surface area (TPSA) is 81.5 Å². The summed E-state index contributed by atoms with van der Waals surface area (Å²) in [7, 11) is 1.47. The molecule has 0 saturated heterocycles. The molecule has 0 bridgehead atoms. The van der Waals surface area contributed by atoms with E-state index in [9.17, 15) is 19.3 Å². The summed E-state index contributed by atoms with van der Waals surface area (Å²) < 4.78 is 19.2. The van der Waals surface area contributed by atoms with Crippen molar-refractivity contribution in [1.29, 1.82) is 0 Å². The SMILES string of the molecule is COc1ccccc1NC(=O)c1cc([N+](=O)[O-])ccc1Sc1ccccc1F. The maximum Gasteiger partial charge on any atom is 0.270 e. The van der Waals surface area contributed by atoms with Crippen molar-refractivity contribution < 1.29 is 18.8 Å². The molecule has 0 aliphatic rings. The standard InChI is InChI=1S/C20H15FN2O4S/c1-27-17-8-4-3-7-16(17)22-20(24)14-12-13(23(25)26)10-11-18(14)28-19-9-5-2-6-15(19)21/h2-12H,1H3,(H,22,24). The lowest BCUT2D eigenvalue weighted by molar-refractivity contribution is -0.384. The van der Waals surface area contributed by atoms with Crippen LogP contribution in [0.25, 0.3) is 0 Å². The largest absolute Gasteiger partial charge is 0.495 e. The molecule has 0 heterocycles. The van der Waals surface area contributed by atoms with E-state index in [-0.39, 0.29) is 11.3 Å². The molecule has 142 valence electrons. The highest BCUT2D eigenvalue weighted by Gasteiger charge is 2.19. The summed E-state index contributed by atoms with van der Waals surface area (Å²) in [6.07, 6.45) is 0. The Morgan fingerprint density at radius 1 is 1.07 bits per heavy atom. The first-order valence-corrected chi connectivity index (χ1v) is 8.96. The summed E-state index contributed by atoms with van der Waals surface area (Å²) in [6, 6.07) is 16.8. The molecule has 0 fully saturated rings. The molecule has 8 heteroatoms. The Balaban J connectivity index is 1.99. The van der Waals surface area contributed by atoms with Crippen LogP contribution in [0, 0.1) is 15.9 Å². The van der Waals surface area contributed by atoms with Gasteiger partial charge in [-0.15, -0.1) is 0 Å². The zero-order valence-electron chi connectivity index (χ0n) is 14.7. The van der Waals surface area contributed by atoms with Crippen LogP contribution in [0.4, 0.5) is 15.8 Å². The van der Waals surface area contributed by atoms with Gasteiger partial charge in [-0.25, -0.2) is 4.39 Å². The summed E-state index contributed by atoms with van der Waals surface area (Å²) in [5.74, 6) is -0.557. The van der Waals surface area contributed by atoms with Crippen LogP contribution >= 0.6 is 11.8 Å². The number of para-hydroxylation sites is 2. The third-order valence-corrected chi connectivity index (χ3v) is 4.96. The number of ether oxygens (including phenoxy) is 1. The first kappa shape index (κ1) is 19.4. The third kappa shape index (κ3) is 4.29. The number of nitrogens with one attached hydrogen (secondary N) is 1. The smallest absolute Gasteiger partial charge is 0.270 e. The minimum absolute atomic E-state index is 0.0633. The number of carbonyl (C=O) groups excluding carboxylic acids is 1. The number of rotatable bonds is 6.